The molecule has 0 atom stereocenters. The lowest BCUT2D eigenvalue weighted by Crippen LogP contribution is -2.16. The molecular formula is C25H20N2O4S. The van der Waals surface area contributed by atoms with Gasteiger partial charge in [-0.05, 0) is 23.8 Å². The second kappa shape index (κ2) is 9.80. The number of benzene rings is 2. The van der Waals surface area contributed by atoms with Crippen molar-refractivity contribution in [2.75, 3.05) is 17.7 Å². The molecule has 0 saturated heterocycles. The molecular weight excluding hydrogens is 424 g/mol. The Hall–Kier alpha value is -4.10. The predicted molar refractivity (Wildman–Crippen MR) is 127 cm³/mol. The third kappa shape index (κ3) is 4.79. The molecule has 2 amide bonds. The van der Waals surface area contributed by atoms with Crippen molar-refractivity contribution in [1.82, 2.24) is 0 Å². The minimum atomic E-state index is -0.371. The van der Waals surface area contributed by atoms with Gasteiger partial charge in [0.2, 0.25) is 5.91 Å². The van der Waals surface area contributed by atoms with Crippen LogP contribution in [-0.4, -0.2) is 18.9 Å². The number of carbonyl (C=O) groups is 2. The Kier molecular flexibility index (Phi) is 6.48. The molecule has 0 unspecified atom stereocenters. The van der Waals surface area contributed by atoms with E-state index >= 15 is 0 Å². The summed E-state index contributed by atoms with van der Waals surface area (Å²) in [5.74, 6) is 0.264. The van der Waals surface area contributed by atoms with Crippen LogP contribution in [0.3, 0.4) is 0 Å². The first-order chi connectivity index (χ1) is 15.7. The predicted octanol–water partition coefficient (Wildman–Crippen LogP) is 5.92. The van der Waals surface area contributed by atoms with Gasteiger partial charge in [0.15, 0.2) is 5.88 Å². The minimum Gasteiger partial charge on any atom is -0.496 e. The Morgan fingerprint density at radius 2 is 1.75 bits per heavy atom. The Bertz CT molecular complexity index is 1240. The molecule has 2 heterocycles. The standard InChI is InChI=1S/C25H20N2O4S/c1-30-20-11-6-5-10-18(20)13-14-21(28)26-25-23(24(29)27-22-12-7-15-31-22)19(16-32-25)17-8-3-2-4-9-17/h2-16H,1H3,(H,26,28)(H,27,29)/b14-13+. The van der Waals surface area contributed by atoms with Gasteiger partial charge in [0.05, 0.1) is 18.9 Å². The first-order valence-corrected chi connectivity index (χ1v) is 10.7. The van der Waals surface area contributed by atoms with Gasteiger partial charge in [0.25, 0.3) is 5.91 Å². The van der Waals surface area contributed by atoms with Gasteiger partial charge in [0.1, 0.15) is 10.8 Å². The zero-order chi connectivity index (χ0) is 22.3. The van der Waals surface area contributed by atoms with E-state index in [9.17, 15) is 9.59 Å². The highest BCUT2D eigenvalue weighted by molar-refractivity contribution is 7.15. The second-order valence-corrected chi connectivity index (χ2v) is 7.60. The van der Waals surface area contributed by atoms with Crippen molar-refractivity contribution in [2.24, 2.45) is 0 Å². The van der Waals surface area contributed by atoms with Crippen molar-refractivity contribution in [2.45, 2.75) is 0 Å². The second-order valence-electron chi connectivity index (χ2n) is 6.72. The fourth-order valence-corrected chi connectivity index (χ4v) is 4.12. The number of anilines is 2. The number of amides is 2. The topological polar surface area (TPSA) is 80.6 Å². The summed E-state index contributed by atoms with van der Waals surface area (Å²) in [5.41, 5.74) is 2.75. The van der Waals surface area contributed by atoms with Crippen LogP contribution in [0.5, 0.6) is 5.75 Å². The van der Waals surface area contributed by atoms with Crippen LogP contribution in [0.4, 0.5) is 10.9 Å². The van der Waals surface area contributed by atoms with Crippen molar-refractivity contribution < 1.29 is 18.7 Å². The number of thiophene rings is 1. The number of rotatable bonds is 7. The third-order valence-corrected chi connectivity index (χ3v) is 5.55. The van der Waals surface area contributed by atoms with E-state index < -0.39 is 0 Å². The quantitative estimate of drug-likeness (QED) is 0.347. The number of hydrogen-bond acceptors (Lipinski definition) is 5. The van der Waals surface area contributed by atoms with Crippen LogP contribution < -0.4 is 15.4 Å². The van der Waals surface area contributed by atoms with E-state index in [1.165, 1.54) is 23.7 Å². The molecule has 4 rings (SSSR count). The number of nitrogens with one attached hydrogen (secondary N) is 2. The van der Waals surface area contributed by atoms with Gasteiger partial charge in [-0.2, -0.15) is 0 Å². The Morgan fingerprint density at radius 1 is 0.969 bits per heavy atom. The molecule has 0 spiro atoms. The van der Waals surface area contributed by atoms with Crippen molar-refractivity contribution in [3.05, 3.63) is 95.6 Å². The minimum absolute atomic E-state index is 0.327. The zero-order valence-corrected chi connectivity index (χ0v) is 18.0. The SMILES string of the molecule is COc1ccccc1/C=C/C(=O)Nc1scc(-c2ccccc2)c1C(=O)Nc1ccco1. The highest BCUT2D eigenvalue weighted by Crippen LogP contribution is 2.36. The molecule has 0 aliphatic heterocycles. The molecule has 0 saturated carbocycles. The van der Waals surface area contributed by atoms with Crippen LogP contribution in [0.2, 0.25) is 0 Å². The van der Waals surface area contributed by atoms with Gasteiger partial charge in [-0.25, -0.2) is 0 Å². The molecule has 32 heavy (non-hydrogen) atoms. The van der Waals surface area contributed by atoms with Crippen molar-refractivity contribution in [3.8, 4) is 16.9 Å². The fraction of sp³-hybridized carbons (Fsp3) is 0.0400. The van der Waals surface area contributed by atoms with Gasteiger partial charge >= 0.3 is 0 Å². The zero-order valence-electron chi connectivity index (χ0n) is 17.2. The van der Waals surface area contributed by atoms with Crippen LogP contribution >= 0.6 is 11.3 Å². The summed E-state index contributed by atoms with van der Waals surface area (Å²) < 4.78 is 10.5. The molecule has 2 N–H and O–H groups in total. The van der Waals surface area contributed by atoms with Crippen LogP contribution in [0.25, 0.3) is 17.2 Å². The van der Waals surface area contributed by atoms with Crippen molar-refractivity contribution >= 4 is 40.1 Å². The summed E-state index contributed by atoms with van der Waals surface area (Å²) in [5, 5.41) is 7.87. The summed E-state index contributed by atoms with van der Waals surface area (Å²) in [6, 6.07) is 20.3. The average molecular weight is 445 g/mol. The number of carbonyl (C=O) groups excluding carboxylic acids is 2. The van der Waals surface area contributed by atoms with E-state index in [1.807, 2.05) is 60.0 Å². The molecule has 2 aromatic carbocycles. The first kappa shape index (κ1) is 21.1. The van der Waals surface area contributed by atoms with E-state index in [0.717, 1.165) is 16.7 Å². The maximum atomic E-state index is 13.1. The van der Waals surface area contributed by atoms with E-state index in [2.05, 4.69) is 10.6 Å². The monoisotopic (exact) mass is 444 g/mol. The number of methoxy groups -OCH3 is 1. The molecule has 0 radical (unpaired) electrons. The lowest BCUT2D eigenvalue weighted by molar-refractivity contribution is -0.111. The van der Waals surface area contributed by atoms with E-state index in [0.29, 0.717) is 22.2 Å². The maximum Gasteiger partial charge on any atom is 0.261 e. The van der Waals surface area contributed by atoms with Gasteiger partial charge in [-0.1, -0.05) is 48.5 Å². The van der Waals surface area contributed by atoms with Gasteiger partial charge < -0.3 is 14.5 Å². The van der Waals surface area contributed by atoms with E-state index in [4.69, 9.17) is 9.15 Å². The summed E-state index contributed by atoms with van der Waals surface area (Å²) in [4.78, 5) is 25.7. The maximum absolute atomic E-state index is 13.1. The lowest BCUT2D eigenvalue weighted by Gasteiger charge is -2.08. The van der Waals surface area contributed by atoms with Crippen molar-refractivity contribution in [3.63, 3.8) is 0 Å². The summed E-state index contributed by atoms with van der Waals surface area (Å²) in [6.07, 6.45) is 4.56. The molecule has 0 aliphatic carbocycles. The third-order valence-electron chi connectivity index (χ3n) is 4.65. The molecule has 0 bridgehead atoms. The van der Waals surface area contributed by atoms with Gasteiger partial charge in [-0.15, -0.1) is 11.3 Å². The smallest absolute Gasteiger partial charge is 0.261 e. The Morgan fingerprint density at radius 3 is 2.50 bits per heavy atom. The van der Waals surface area contributed by atoms with Crippen LogP contribution in [0.15, 0.2) is 88.9 Å². The molecule has 7 heteroatoms. The highest BCUT2D eigenvalue weighted by Gasteiger charge is 2.22. The molecule has 160 valence electrons. The lowest BCUT2D eigenvalue weighted by atomic mass is 10.0. The van der Waals surface area contributed by atoms with E-state index in [1.54, 1.807) is 25.3 Å². The Balaban J connectivity index is 1.61. The number of furan rings is 1. The number of ether oxygens (including phenoxy) is 1. The molecule has 0 fully saturated rings. The largest absolute Gasteiger partial charge is 0.496 e. The highest BCUT2D eigenvalue weighted by atomic mass is 32.1. The number of hydrogen-bond donors (Lipinski definition) is 2. The van der Waals surface area contributed by atoms with Crippen LogP contribution in [0, 0.1) is 0 Å². The summed E-state index contributed by atoms with van der Waals surface area (Å²) >= 11 is 1.29. The number of para-hydroxylation sites is 1. The van der Waals surface area contributed by atoms with Crippen LogP contribution in [-0.2, 0) is 4.79 Å². The molecule has 6 nitrogen and oxygen atoms in total. The molecule has 2 aromatic heterocycles. The Labute approximate surface area is 189 Å². The van der Waals surface area contributed by atoms with Crippen LogP contribution in [0.1, 0.15) is 15.9 Å². The summed E-state index contributed by atoms with van der Waals surface area (Å²) in [7, 11) is 1.58. The fourth-order valence-electron chi connectivity index (χ4n) is 3.15. The van der Waals surface area contributed by atoms with Gasteiger partial charge in [0, 0.05) is 28.6 Å². The average Bonchev–Trinajstić information content (AvgIpc) is 3.48. The van der Waals surface area contributed by atoms with E-state index in [-0.39, 0.29) is 11.8 Å². The molecule has 0 aliphatic rings. The normalized spacial score (nSPS) is 10.8. The first-order valence-electron chi connectivity index (χ1n) is 9.79. The van der Waals surface area contributed by atoms with Gasteiger partial charge in [-0.3, -0.25) is 14.9 Å². The summed E-state index contributed by atoms with van der Waals surface area (Å²) in [6.45, 7) is 0. The van der Waals surface area contributed by atoms with Crippen molar-refractivity contribution in [1.29, 1.82) is 0 Å². The molecule has 4 aromatic rings.